The van der Waals surface area contributed by atoms with Gasteiger partial charge in [-0.25, -0.2) is 9.37 Å². The van der Waals surface area contributed by atoms with Crippen LogP contribution in [-0.4, -0.2) is 4.98 Å². The first-order valence-corrected chi connectivity index (χ1v) is 6.72. The van der Waals surface area contributed by atoms with E-state index in [1.807, 2.05) is 18.2 Å². The lowest BCUT2D eigenvalue weighted by Crippen LogP contribution is -2.04. The molecule has 0 unspecified atom stereocenters. The number of nitrogens with zero attached hydrogens (tertiary/aromatic N) is 1. The summed E-state index contributed by atoms with van der Waals surface area (Å²) in [5.74, 6) is -0.219. The SMILES string of the molecule is Nc1c(NCc2ccccc2F)ccc2scnc12. The van der Waals surface area contributed by atoms with Crippen molar-refractivity contribution in [2.24, 2.45) is 0 Å². The van der Waals surface area contributed by atoms with Gasteiger partial charge in [0.15, 0.2) is 0 Å². The largest absolute Gasteiger partial charge is 0.395 e. The number of benzene rings is 2. The quantitative estimate of drug-likeness (QED) is 0.716. The molecule has 0 fully saturated rings. The summed E-state index contributed by atoms with van der Waals surface area (Å²) in [6, 6.07) is 10.6. The molecule has 0 spiro atoms. The summed E-state index contributed by atoms with van der Waals surface area (Å²) in [7, 11) is 0. The van der Waals surface area contributed by atoms with E-state index in [9.17, 15) is 4.39 Å². The van der Waals surface area contributed by atoms with Crippen molar-refractivity contribution >= 4 is 32.9 Å². The summed E-state index contributed by atoms with van der Waals surface area (Å²) in [5.41, 5.74) is 10.6. The van der Waals surface area contributed by atoms with Crippen molar-refractivity contribution in [3.05, 3.63) is 53.3 Å². The van der Waals surface area contributed by atoms with E-state index in [1.165, 1.54) is 6.07 Å². The molecule has 0 aliphatic carbocycles. The summed E-state index contributed by atoms with van der Waals surface area (Å²) in [4.78, 5) is 4.23. The zero-order valence-corrected chi connectivity index (χ0v) is 10.9. The van der Waals surface area contributed by atoms with Gasteiger partial charge in [-0.05, 0) is 18.2 Å². The van der Waals surface area contributed by atoms with Crippen LogP contribution >= 0.6 is 11.3 Å². The van der Waals surface area contributed by atoms with Gasteiger partial charge in [-0.2, -0.15) is 0 Å². The van der Waals surface area contributed by atoms with Crippen LogP contribution in [0.5, 0.6) is 0 Å². The van der Waals surface area contributed by atoms with Crippen LogP contribution in [0.1, 0.15) is 5.56 Å². The van der Waals surface area contributed by atoms with Crippen LogP contribution in [0.3, 0.4) is 0 Å². The number of rotatable bonds is 3. The first kappa shape index (κ1) is 11.9. The maximum absolute atomic E-state index is 13.5. The number of anilines is 2. The molecule has 3 N–H and O–H groups in total. The van der Waals surface area contributed by atoms with Gasteiger partial charge in [0.05, 0.1) is 21.6 Å². The predicted molar refractivity (Wildman–Crippen MR) is 77.8 cm³/mol. The molecule has 1 aromatic heterocycles. The van der Waals surface area contributed by atoms with E-state index >= 15 is 0 Å². The number of halogens is 1. The zero-order valence-electron chi connectivity index (χ0n) is 10.1. The van der Waals surface area contributed by atoms with Crippen molar-refractivity contribution in [2.45, 2.75) is 6.54 Å². The number of hydrogen-bond acceptors (Lipinski definition) is 4. The normalized spacial score (nSPS) is 10.8. The summed E-state index contributed by atoms with van der Waals surface area (Å²) >= 11 is 1.55. The van der Waals surface area contributed by atoms with E-state index in [-0.39, 0.29) is 5.82 Å². The molecule has 3 rings (SSSR count). The van der Waals surface area contributed by atoms with Gasteiger partial charge in [-0.1, -0.05) is 18.2 Å². The number of nitrogens with two attached hydrogens (primary N) is 1. The smallest absolute Gasteiger partial charge is 0.128 e. The summed E-state index contributed by atoms with van der Waals surface area (Å²) in [6.45, 7) is 0.395. The zero-order chi connectivity index (χ0) is 13.2. The fraction of sp³-hybridized carbons (Fsp3) is 0.0714. The van der Waals surface area contributed by atoms with Crippen LogP contribution < -0.4 is 11.1 Å². The first-order valence-electron chi connectivity index (χ1n) is 5.84. The summed E-state index contributed by atoms with van der Waals surface area (Å²) in [6.07, 6.45) is 0. The number of nitrogens with one attached hydrogen (secondary N) is 1. The van der Waals surface area contributed by atoms with Crippen LogP contribution in [0.25, 0.3) is 10.2 Å². The molecule has 0 aliphatic heterocycles. The fourth-order valence-corrected chi connectivity index (χ4v) is 2.63. The van der Waals surface area contributed by atoms with Gasteiger partial charge in [0.25, 0.3) is 0 Å². The highest BCUT2D eigenvalue weighted by molar-refractivity contribution is 7.16. The molecule has 0 aliphatic rings. The molecule has 0 amide bonds. The van der Waals surface area contributed by atoms with E-state index in [0.717, 1.165) is 15.9 Å². The fourth-order valence-electron chi connectivity index (χ4n) is 1.94. The van der Waals surface area contributed by atoms with Crippen LogP contribution in [0.2, 0.25) is 0 Å². The van der Waals surface area contributed by atoms with Crippen LogP contribution in [0.15, 0.2) is 41.9 Å². The Balaban J connectivity index is 1.86. The van der Waals surface area contributed by atoms with E-state index < -0.39 is 0 Å². The molecule has 1 heterocycles. The average molecular weight is 273 g/mol. The van der Waals surface area contributed by atoms with Crippen LogP contribution in [0.4, 0.5) is 15.8 Å². The molecule has 0 atom stereocenters. The van der Waals surface area contributed by atoms with E-state index in [0.29, 0.717) is 17.8 Å². The molecule has 3 nitrogen and oxygen atoms in total. The van der Waals surface area contributed by atoms with Gasteiger partial charge >= 0.3 is 0 Å². The second-order valence-electron chi connectivity index (χ2n) is 4.17. The van der Waals surface area contributed by atoms with Crippen molar-refractivity contribution in [3.63, 3.8) is 0 Å². The lowest BCUT2D eigenvalue weighted by molar-refractivity contribution is 0.613. The van der Waals surface area contributed by atoms with Crippen molar-refractivity contribution in [1.29, 1.82) is 0 Å². The van der Waals surface area contributed by atoms with E-state index in [4.69, 9.17) is 5.73 Å². The number of hydrogen-bond donors (Lipinski definition) is 2. The maximum Gasteiger partial charge on any atom is 0.128 e. The molecule has 0 bridgehead atoms. The van der Waals surface area contributed by atoms with Crippen LogP contribution in [0, 0.1) is 5.82 Å². The van der Waals surface area contributed by atoms with Crippen molar-refractivity contribution in [2.75, 3.05) is 11.1 Å². The second kappa shape index (κ2) is 4.85. The summed E-state index contributed by atoms with van der Waals surface area (Å²) in [5, 5.41) is 3.15. The molecular formula is C14H12FN3S. The van der Waals surface area contributed by atoms with E-state index in [1.54, 1.807) is 29.0 Å². The molecule has 2 aromatic carbocycles. The monoisotopic (exact) mass is 273 g/mol. The molecular weight excluding hydrogens is 261 g/mol. The van der Waals surface area contributed by atoms with Crippen LogP contribution in [-0.2, 0) is 6.54 Å². The van der Waals surface area contributed by atoms with Gasteiger partial charge < -0.3 is 11.1 Å². The third-order valence-corrected chi connectivity index (χ3v) is 3.76. The topological polar surface area (TPSA) is 50.9 Å². The third-order valence-electron chi connectivity index (χ3n) is 2.97. The van der Waals surface area contributed by atoms with E-state index in [2.05, 4.69) is 10.3 Å². The predicted octanol–water partition coefficient (Wildman–Crippen LogP) is 3.63. The molecule has 5 heteroatoms. The highest BCUT2D eigenvalue weighted by Crippen LogP contribution is 2.30. The number of aromatic nitrogens is 1. The highest BCUT2D eigenvalue weighted by Gasteiger charge is 2.07. The molecule has 3 aromatic rings. The Hall–Kier alpha value is -2.14. The summed E-state index contributed by atoms with van der Waals surface area (Å²) < 4.78 is 14.6. The van der Waals surface area contributed by atoms with Gasteiger partial charge in [0, 0.05) is 12.1 Å². The minimum atomic E-state index is -0.219. The Labute approximate surface area is 113 Å². The third kappa shape index (κ3) is 2.24. The first-order chi connectivity index (χ1) is 9.25. The lowest BCUT2D eigenvalue weighted by atomic mass is 10.2. The Morgan fingerprint density at radius 3 is 2.89 bits per heavy atom. The average Bonchev–Trinajstić information content (AvgIpc) is 2.89. The highest BCUT2D eigenvalue weighted by atomic mass is 32.1. The maximum atomic E-state index is 13.5. The molecule has 0 saturated heterocycles. The lowest BCUT2D eigenvalue weighted by Gasteiger charge is -2.10. The number of fused-ring (bicyclic) bond motifs is 1. The number of nitrogen functional groups attached to an aromatic ring is 1. The Bertz CT molecular complexity index is 724. The molecule has 0 radical (unpaired) electrons. The standard InChI is InChI=1S/C14H12FN3S/c15-10-4-2-1-3-9(10)7-17-11-5-6-12-14(13(11)16)18-8-19-12/h1-6,8,17H,7,16H2. The Morgan fingerprint density at radius 1 is 1.21 bits per heavy atom. The van der Waals surface area contributed by atoms with Gasteiger partial charge in [-0.3, -0.25) is 0 Å². The minimum absolute atomic E-state index is 0.219. The van der Waals surface area contributed by atoms with Crippen molar-refractivity contribution in [3.8, 4) is 0 Å². The van der Waals surface area contributed by atoms with Gasteiger partial charge in [-0.15, -0.1) is 11.3 Å². The van der Waals surface area contributed by atoms with Gasteiger partial charge in [0.2, 0.25) is 0 Å². The van der Waals surface area contributed by atoms with Crippen molar-refractivity contribution in [1.82, 2.24) is 4.98 Å². The Morgan fingerprint density at radius 2 is 2.05 bits per heavy atom. The molecule has 19 heavy (non-hydrogen) atoms. The van der Waals surface area contributed by atoms with Gasteiger partial charge in [0.1, 0.15) is 11.3 Å². The molecule has 96 valence electrons. The number of thiazole rings is 1. The van der Waals surface area contributed by atoms with Crippen molar-refractivity contribution < 1.29 is 4.39 Å². The Kier molecular flexibility index (Phi) is 3.05. The minimum Gasteiger partial charge on any atom is -0.395 e. The second-order valence-corrected chi connectivity index (χ2v) is 5.06. The molecule has 0 saturated carbocycles.